The number of rotatable bonds is 6. The maximum atomic E-state index is 11.9. The lowest BCUT2D eigenvalue weighted by atomic mass is 9.84. The maximum Gasteiger partial charge on any atom is 0.411 e. The Morgan fingerprint density at radius 1 is 1.32 bits per heavy atom. The summed E-state index contributed by atoms with van der Waals surface area (Å²) in [6, 6.07) is 6.95. The van der Waals surface area contributed by atoms with Crippen molar-refractivity contribution in [1.29, 1.82) is 5.26 Å². The summed E-state index contributed by atoms with van der Waals surface area (Å²) < 4.78 is 12.0. The maximum absolute atomic E-state index is 11.9. The van der Waals surface area contributed by atoms with Gasteiger partial charge in [-0.2, -0.15) is 5.26 Å². The van der Waals surface area contributed by atoms with Crippen LogP contribution in [0.15, 0.2) is 30.6 Å². The summed E-state index contributed by atoms with van der Waals surface area (Å²) in [6.07, 6.45) is 1.35. The van der Waals surface area contributed by atoms with Crippen LogP contribution >= 0.6 is 22.9 Å². The predicted molar refractivity (Wildman–Crippen MR) is 118 cm³/mol. The van der Waals surface area contributed by atoms with Gasteiger partial charge in [-0.1, -0.05) is 32.4 Å². The van der Waals surface area contributed by atoms with E-state index in [1.807, 2.05) is 26.8 Å². The molecule has 0 spiro atoms. The molecule has 2 N–H and O–H groups in total. The number of nitrogens with one attached hydrogen (secondary N) is 1. The van der Waals surface area contributed by atoms with Crippen LogP contribution in [-0.2, 0) is 4.74 Å². The molecule has 0 fully saturated rings. The largest absolute Gasteiger partial charge is 0.490 e. The predicted octanol–water partition coefficient (Wildman–Crippen LogP) is 4.92. The van der Waals surface area contributed by atoms with Crippen LogP contribution < -0.4 is 10.1 Å². The van der Waals surface area contributed by atoms with Crippen molar-refractivity contribution in [3.05, 3.63) is 46.2 Å². The van der Waals surface area contributed by atoms with Gasteiger partial charge in [-0.3, -0.25) is 10.3 Å². The Labute approximate surface area is 188 Å². The topological polar surface area (TPSA) is 117 Å². The highest BCUT2D eigenvalue weighted by Gasteiger charge is 2.27. The number of anilines is 1. The molecule has 2 heterocycles. The van der Waals surface area contributed by atoms with Crippen molar-refractivity contribution in [2.75, 3.05) is 18.5 Å². The van der Waals surface area contributed by atoms with Gasteiger partial charge in [0.05, 0.1) is 33.8 Å². The van der Waals surface area contributed by atoms with Crippen LogP contribution in [0.3, 0.4) is 0 Å². The van der Waals surface area contributed by atoms with Crippen LogP contribution in [0.1, 0.15) is 38.0 Å². The fourth-order valence-electron chi connectivity index (χ4n) is 2.78. The Hall–Kier alpha value is -2.93. The number of benzene rings is 1. The second-order valence-electron chi connectivity index (χ2n) is 7.78. The zero-order chi connectivity index (χ0) is 22.6. The summed E-state index contributed by atoms with van der Waals surface area (Å²) in [4.78, 5) is 20.1. The van der Waals surface area contributed by atoms with Crippen LogP contribution in [-0.4, -0.2) is 34.4 Å². The molecule has 162 valence electrons. The van der Waals surface area contributed by atoms with Crippen LogP contribution in [0.5, 0.6) is 5.75 Å². The number of ether oxygens (including phenoxy) is 2. The highest BCUT2D eigenvalue weighted by Crippen LogP contribution is 2.40. The molecule has 1 atom stereocenters. The minimum Gasteiger partial charge on any atom is -0.490 e. The lowest BCUT2D eigenvalue weighted by Gasteiger charge is -2.26. The number of pyridine rings is 1. The third-order valence-corrected chi connectivity index (χ3v) is 5.39. The fraction of sp³-hybridized carbons (Fsp3) is 0.333. The first kappa shape index (κ1) is 22.7. The van der Waals surface area contributed by atoms with E-state index in [4.69, 9.17) is 26.3 Å². The number of aliphatic hydroxyl groups is 1. The van der Waals surface area contributed by atoms with Gasteiger partial charge < -0.3 is 14.6 Å². The average molecular weight is 461 g/mol. The third-order valence-electron chi connectivity index (χ3n) is 4.29. The summed E-state index contributed by atoms with van der Waals surface area (Å²) in [5.41, 5.74) is 1.56. The molecule has 0 bridgehead atoms. The molecule has 0 saturated heterocycles. The second-order valence-corrected chi connectivity index (χ2v) is 9.39. The molecule has 1 unspecified atom stereocenters. The van der Waals surface area contributed by atoms with Gasteiger partial charge in [0.25, 0.3) is 0 Å². The van der Waals surface area contributed by atoms with Crippen molar-refractivity contribution in [2.45, 2.75) is 26.9 Å². The molecule has 0 saturated carbocycles. The van der Waals surface area contributed by atoms with Gasteiger partial charge in [0.2, 0.25) is 0 Å². The monoisotopic (exact) mass is 460 g/mol. The lowest BCUT2D eigenvalue weighted by molar-refractivity contribution is 0.0635. The zero-order valence-electron chi connectivity index (χ0n) is 17.2. The molecule has 8 nitrogen and oxygen atoms in total. The average Bonchev–Trinajstić information content (AvgIpc) is 3.09. The number of halogens is 1. The number of hydrogen-bond donors (Lipinski definition) is 2. The minimum absolute atomic E-state index is 0.00412. The fourth-order valence-corrected chi connectivity index (χ4v) is 3.87. The first-order chi connectivity index (χ1) is 14.7. The highest BCUT2D eigenvalue weighted by molar-refractivity contribution is 7.22. The van der Waals surface area contributed by atoms with Crippen molar-refractivity contribution < 1.29 is 19.4 Å². The molecule has 0 radical (unpaired) electrons. The molecule has 0 aliphatic heterocycles. The van der Waals surface area contributed by atoms with E-state index in [1.165, 1.54) is 29.8 Å². The molecule has 0 aliphatic carbocycles. The van der Waals surface area contributed by atoms with Gasteiger partial charge in [-0.15, -0.1) is 11.3 Å². The number of nitriles is 1. The van der Waals surface area contributed by atoms with E-state index in [2.05, 4.69) is 15.3 Å². The quantitative estimate of drug-likeness (QED) is 0.501. The van der Waals surface area contributed by atoms with Gasteiger partial charge in [-0.05, 0) is 23.6 Å². The number of amides is 1. The van der Waals surface area contributed by atoms with Crippen LogP contribution in [0, 0.1) is 16.7 Å². The molecule has 1 aromatic carbocycles. The Morgan fingerprint density at radius 3 is 2.81 bits per heavy atom. The lowest BCUT2D eigenvalue weighted by Crippen LogP contribution is -2.19. The Morgan fingerprint density at radius 2 is 2.10 bits per heavy atom. The number of aliphatic hydroxyl groups excluding tert-OH is 1. The SMILES string of the molecule is CC(C)(C)C(O)c1cc(OCCOC(=O)Nc2cncc(C#N)c2)cc2sc(Cl)nc12. The number of carbonyl (C=O) groups excluding carboxylic acids is 1. The van der Waals surface area contributed by atoms with Crippen molar-refractivity contribution in [3.63, 3.8) is 0 Å². The van der Waals surface area contributed by atoms with Gasteiger partial charge in [-0.25, -0.2) is 9.78 Å². The number of thiazole rings is 1. The van der Waals surface area contributed by atoms with Crippen LogP contribution in [0.25, 0.3) is 10.2 Å². The molecule has 0 aliphatic rings. The summed E-state index contributed by atoms with van der Waals surface area (Å²) in [5.74, 6) is 0.515. The number of carbonyl (C=O) groups is 1. The number of aromatic nitrogens is 2. The van der Waals surface area contributed by atoms with Gasteiger partial charge in [0.1, 0.15) is 25.0 Å². The van der Waals surface area contributed by atoms with Crippen LogP contribution in [0.4, 0.5) is 10.5 Å². The number of hydrogen-bond acceptors (Lipinski definition) is 8. The van der Waals surface area contributed by atoms with Gasteiger partial charge in [0.15, 0.2) is 4.47 Å². The van der Waals surface area contributed by atoms with Gasteiger partial charge >= 0.3 is 6.09 Å². The minimum atomic E-state index is -0.767. The summed E-state index contributed by atoms with van der Waals surface area (Å²) >= 11 is 7.37. The zero-order valence-corrected chi connectivity index (χ0v) is 18.8. The molecule has 1 amide bonds. The highest BCUT2D eigenvalue weighted by atomic mass is 35.5. The van der Waals surface area contributed by atoms with E-state index in [1.54, 1.807) is 12.1 Å². The number of nitrogens with zero attached hydrogens (tertiary/aromatic N) is 3. The normalized spacial score (nSPS) is 12.3. The van der Waals surface area contributed by atoms with E-state index >= 15 is 0 Å². The third kappa shape index (κ3) is 5.82. The van der Waals surface area contributed by atoms with Crippen LogP contribution in [0.2, 0.25) is 4.47 Å². The summed E-state index contributed by atoms with van der Waals surface area (Å²) in [7, 11) is 0. The van der Waals surface area contributed by atoms with E-state index in [0.717, 1.165) is 4.70 Å². The Kier molecular flexibility index (Phi) is 6.95. The van der Waals surface area contributed by atoms with E-state index < -0.39 is 17.6 Å². The molecular formula is C21H21ClN4O4S. The van der Waals surface area contributed by atoms with E-state index in [-0.39, 0.29) is 13.2 Å². The van der Waals surface area contributed by atoms with E-state index in [0.29, 0.717) is 32.5 Å². The molecule has 10 heteroatoms. The molecule has 2 aromatic heterocycles. The summed E-state index contributed by atoms with van der Waals surface area (Å²) in [6.45, 7) is 5.89. The molecule has 3 rings (SSSR count). The van der Waals surface area contributed by atoms with Crippen molar-refractivity contribution in [1.82, 2.24) is 9.97 Å². The first-order valence-corrected chi connectivity index (χ1v) is 10.6. The molecular weight excluding hydrogens is 440 g/mol. The van der Waals surface area contributed by atoms with Crippen molar-refractivity contribution in [2.24, 2.45) is 5.41 Å². The van der Waals surface area contributed by atoms with Gasteiger partial charge in [0, 0.05) is 11.8 Å². The molecule has 3 aromatic rings. The van der Waals surface area contributed by atoms with Crippen molar-refractivity contribution >= 4 is 44.9 Å². The van der Waals surface area contributed by atoms with E-state index in [9.17, 15) is 9.90 Å². The standard InChI is InChI=1S/C21H21ClN4O4S/c1-21(2,3)18(27)15-7-14(8-16-17(15)26-19(22)31-16)29-4-5-30-20(28)25-13-6-12(9-23)10-24-11-13/h6-8,10-11,18,27H,4-5H2,1-3H3,(H,25,28). The second kappa shape index (κ2) is 9.47. The Bertz CT molecular complexity index is 1140. The van der Waals surface area contributed by atoms with Crippen molar-refractivity contribution in [3.8, 4) is 11.8 Å². The summed E-state index contributed by atoms with van der Waals surface area (Å²) in [5, 5.41) is 22.1. The molecule has 31 heavy (non-hydrogen) atoms. The Balaban J connectivity index is 1.62. The number of fused-ring (bicyclic) bond motifs is 1. The smallest absolute Gasteiger partial charge is 0.411 e. The first-order valence-electron chi connectivity index (χ1n) is 9.37.